The number of nitrogens with one attached hydrogen (secondary N) is 1. The number of ketones is 1. The second-order valence-electron chi connectivity index (χ2n) is 8.97. The number of hydrogen-bond acceptors (Lipinski definition) is 8. The third kappa shape index (κ3) is 5.85. The molecule has 0 spiro atoms. The van der Waals surface area contributed by atoms with Crippen LogP contribution in [0.4, 0.5) is 0 Å². The lowest BCUT2D eigenvalue weighted by molar-refractivity contribution is -0.114. The molecule has 0 saturated carbocycles. The summed E-state index contributed by atoms with van der Waals surface area (Å²) >= 11 is 0. The predicted molar refractivity (Wildman–Crippen MR) is 147 cm³/mol. The molecule has 3 aromatic rings. The summed E-state index contributed by atoms with van der Waals surface area (Å²) in [6.45, 7) is 5.68. The van der Waals surface area contributed by atoms with Gasteiger partial charge in [0.25, 0.3) is 15.9 Å². The first kappa shape index (κ1) is 27.6. The number of carbonyl (C=O) groups excluding carboxylic acids is 2. The van der Waals surface area contributed by atoms with Gasteiger partial charge in [-0.15, -0.1) is 0 Å². The van der Waals surface area contributed by atoms with Crippen LogP contribution < -0.4 is 18.9 Å². The van der Waals surface area contributed by atoms with Crippen LogP contribution >= 0.6 is 0 Å². The van der Waals surface area contributed by atoms with Gasteiger partial charge in [0.15, 0.2) is 5.78 Å². The molecular weight excluding hydrogens is 520 g/mol. The zero-order chi connectivity index (χ0) is 28.3. The minimum absolute atomic E-state index is 0.0695. The lowest BCUT2D eigenvalue weighted by atomic mass is 10.1. The largest absolute Gasteiger partial charge is 0.497 e. The molecule has 202 valence electrons. The zero-order valence-corrected chi connectivity index (χ0v) is 23.0. The van der Waals surface area contributed by atoms with E-state index in [0.29, 0.717) is 28.5 Å². The van der Waals surface area contributed by atoms with Crippen LogP contribution in [0.15, 0.2) is 65.6 Å². The second kappa shape index (κ2) is 11.1. The lowest BCUT2D eigenvalue weighted by Crippen LogP contribution is -2.34. The average molecular weight is 549 g/mol. The number of rotatable bonds is 8. The fourth-order valence-corrected chi connectivity index (χ4v) is 5.38. The van der Waals surface area contributed by atoms with E-state index in [4.69, 9.17) is 14.2 Å². The summed E-state index contributed by atoms with van der Waals surface area (Å²) in [4.78, 5) is 29.6. The van der Waals surface area contributed by atoms with Crippen molar-refractivity contribution in [3.8, 4) is 34.4 Å². The number of allylic oxidation sites excluding steroid dienone is 4. The molecule has 2 aromatic carbocycles. The van der Waals surface area contributed by atoms with Gasteiger partial charge in [-0.3, -0.25) is 9.59 Å². The van der Waals surface area contributed by atoms with E-state index in [0.717, 1.165) is 22.8 Å². The van der Waals surface area contributed by atoms with Gasteiger partial charge in [0.1, 0.15) is 27.7 Å². The van der Waals surface area contributed by atoms with Crippen molar-refractivity contribution in [2.75, 3.05) is 14.2 Å². The zero-order valence-electron chi connectivity index (χ0n) is 22.2. The fraction of sp³-hybridized carbons (Fsp3) is 0.207. The molecule has 0 radical (unpaired) electrons. The Morgan fingerprint density at radius 3 is 2.33 bits per heavy atom. The molecular formula is C29H28N2O7S. The van der Waals surface area contributed by atoms with E-state index in [2.05, 4.69) is 4.98 Å². The molecule has 39 heavy (non-hydrogen) atoms. The molecule has 10 heteroatoms. The smallest absolute Gasteiger partial charge is 0.270 e. The van der Waals surface area contributed by atoms with E-state index < -0.39 is 26.6 Å². The average Bonchev–Trinajstić information content (AvgIpc) is 2.90. The molecule has 0 unspecified atom stereocenters. The Labute approximate surface area is 227 Å². The number of amides is 1. The maximum Gasteiger partial charge on any atom is 0.270 e. The van der Waals surface area contributed by atoms with E-state index in [9.17, 15) is 18.0 Å². The Hall–Kier alpha value is -4.44. The molecule has 1 heterocycles. The normalized spacial score (nSPS) is 13.1. The number of nitrogens with zero attached hydrogens (tertiary/aromatic N) is 1. The molecule has 1 aliphatic rings. The summed E-state index contributed by atoms with van der Waals surface area (Å²) in [6, 6.07) is 12.0. The van der Waals surface area contributed by atoms with Crippen LogP contribution in [-0.4, -0.2) is 39.3 Å². The van der Waals surface area contributed by atoms with E-state index in [1.165, 1.54) is 32.4 Å². The van der Waals surface area contributed by atoms with Crippen molar-refractivity contribution in [2.24, 2.45) is 0 Å². The number of carbonyl (C=O) groups is 2. The number of methoxy groups -OCH3 is 2. The number of sulfonamides is 1. The number of hydrogen-bond donors (Lipinski definition) is 1. The number of aryl methyl sites for hydroxylation is 3. The highest BCUT2D eigenvalue weighted by molar-refractivity contribution is 7.95. The molecule has 0 saturated heterocycles. The summed E-state index contributed by atoms with van der Waals surface area (Å²) in [7, 11) is -1.38. The van der Waals surface area contributed by atoms with Crippen molar-refractivity contribution in [1.29, 1.82) is 0 Å². The minimum atomic E-state index is -4.43. The van der Waals surface area contributed by atoms with E-state index in [-0.39, 0.29) is 17.9 Å². The van der Waals surface area contributed by atoms with Gasteiger partial charge in [-0.1, -0.05) is 29.8 Å². The SMILES string of the molecule is COc1ccc(OC)c(-c2ccc(C(=O)NS(=O)(=O)C3=CC=CCC3=O)c(Oc3c(C)cc(C)cc3C)n2)c1. The van der Waals surface area contributed by atoms with Crippen LogP contribution in [0, 0.1) is 20.8 Å². The molecule has 1 N–H and O–H groups in total. The molecule has 4 rings (SSSR count). The van der Waals surface area contributed by atoms with Crippen LogP contribution in [0.25, 0.3) is 11.3 Å². The van der Waals surface area contributed by atoms with Crippen molar-refractivity contribution in [1.82, 2.24) is 9.71 Å². The topological polar surface area (TPSA) is 121 Å². The molecule has 0 aliphatic heterocycles. The van der Waals surface area contributed by atoms with Gasteiger partial charge >= 0.3 is 0 Å². The molecule has 1 amide bonds. The third-order valence-corrected chi connectivity index (χ3v) is 7.47. The van der Waals surface area contributed by atoms with Crippen molar-refractivity contribution >= 4 is 21.7 Å². The molecule has 1 aromatic heterocycles. The van der Waals surface area contributed by atoms with Crippen LogP contribution in [-0.2, 0) is 14.8 Å². The summed E-state index contributed by atoms with van der Waals surface area (Å²) in [5.41, 5.74) is 3.48. The number of benzene rings is 2. The minimum Gasteiger partial charge on any atom is -0.497 e. The van der Waals surface area contributed by atoms with Gasteiger partial charge in [-0.2, -0.15) is 0 Å². The molecule has 0 bridgehead atoms. The number of aromatic nitrogens is 1. The van der Waals surface area contributed by atoms with Crippen molar-refractivity contribution < 1.29 is 32.2 Å². The number of ether oxygens (including phenoxy) is 3. The first-order valence-corrected chi connectivity index (χ1v) is 13.5. The predicted octanol–water partition coefficient (Wildman–Crippen LogP) is 4.96. The Morgan fingerprint density at radius 2 is 1.69 bits per heavy atom. The third-order valence-electron chi connectivity index (χ3n) is 6.07. The fourth-order valence-electron chi connectivity index (χ4n) is 4.28. The van der Waals surface area contributed by atoms with Crippen LogP contribution in [0.1, 0.15) is 33.5 Å². The highest BCUT2D eigenvalue weighted by Crippen LogP contribution is 2.36. The molecule has 9 nitrogen and oxygen atoms in total. The Morgan fingerprint density at radius 1 is 0.974 bits per heavy atom. The Bertz CT molecular complexity index is 1620. The first-order valence-electron chi connectivity index (χ1n) is 12.0. The summed E-state index contributed by atoms with van der Waals surface area (Å²) < 4.78 is 44.8. The Kier molecular flexibility index (Phi) is 7.87. The van der Waals surface area contributed by atoms with Crippen LogP contribution in [0.3, 0.4) is 0 Å². The first-order chi connectivity index (χ1) is 18.5. The quantitative estimate of drug-likeness (QED) is 0.420. The molecule has 1 aliphatic carbocycles. The second-order valence-corrected chi connectivity index (χ2v) is 10.6. The van der Waals surface area contributed by atoms with Gasteiger partial charge < -0.3 is 14.2 Å². The molecule has 0 atom stereocenters. The van der Waals surface area contributed by atoms with Crippen LogP contribution in [0.5, 0.6) is 23.1 Å². The van der Waals surface area contributed by atoms with Crippen molar-refractivity contribution in [2.45, 2.75) is 27.2 Å². The van der Waals surface area contributed by atoms with Crippen molar-refractivity contribution in [3.63, 3.8) is 0 Å². The lowest BCUT2D eigenvalue weighted by Gasteiger charge is -2.17. The van der Waals surface area contributed by atoms with E-state index in [1.807, 2.05) is 37.6 Å². The van der Waals surface area contributed by atoms with Gasteiger partial charge in [0.2, 0.25) is 5.88 Å². The monoisotopic (exact) mass is 548 g/mol. The van der Waals surface area contributed by atoms with Crippen LogP contribution in [0.2, 0.25) is 0 Å². The highest BCUT2D eigenvalue weighted by atomic mass is 32.2. The van der Waals surface area contributed by atoms with Crippen molar-refractivity contribution in [3.05, 3.63) is 87.9 Å². The maximum absolute atomic E-state index is 13.3. The highest BCUT2D eigenvalue weighted by Gasteiger charge is 2.29. The summed E-state index contributed by atoms with van der Waals surface area (Å²) in [5.74, 6) is -0.176. The van der Waals surface area contributed by atoms with E-state index in [1.54, 1.807) is 24.3 Å². The standard InChI is InChI=1S/C29H28N2O7S/c1-17-14-18(2)27(19(3)15-17)38-29-21(28(33)31-39(34,35)26-9-7-6-8-24(26)32)11-12-23(30-29)22-16-20(36-4)10-13-25(22)37-5/h6-7,9-16H,8H2,1-5H3,(H,31,33). The summed E-state index contributed by atoms with van der Waals surface area (Å²) in [5, 5.41) is 0. The molecule has 0 fully saturated rings. The maximum atomic E-state index is 13.3. The van der Waals surface area contributed by atoms with E-state index >= 15 is 0 Å². The van der Waals surface area contributed by atoms with Gasteiger partial charge in [0, 0.05) is 12.0 Å². The van der Waals surface area contributed by atoms with Gasteiger partial charge in [0.05, 0.1) is 19.9 Å². The number of pyridine rings is 1. The number of Topliss-reactive ketones (excluding diaryl/α,β-unsaturated/α-hetero) is 1. The van der Waals surface area contributed by atoms with Gasteiger partial charge in [-0.25, -0.2) is 18.1 Å². The summed E-state index contributed by atoms with van der Waals surface area (Å²) in [6.07, 6.45) is 4.08. The Balaban J connectivity index is 1.82. The van der Waals surface area contributed by atoms with Gasteiger partial charge in [-0.05, 0) is 68.3 Å².